The van der Waals surface area contributed by atoms with Crippen LogP contribution in [0.15, 0.2) is 110 Å². The Morgan fingerprint density at radius 1 is 0.964 bits per heavy atom. The number of aliphatic hydroxyl groups excluding tert-OH is 1. The number of amides is 3. The fourth-order valence-electron chi connectivity index (χ4n) is 8.71. The highest BCUT2D eigenvalue weighted by Crippen LogP contribution is 2.60. The summed E-state index contributed by atoms with van der Waals surface area (Å²) in [6, 6.07) is 23.3. The second-order valence-electron chi connectivity index (χ2n) is 14.3. The van der Waals surface area contributed by atoms with Gasteiger partial charge in [0.1, 0.15) is 18.2 Å². The number of hydrogen-bond donors (Lipinski definition) is 2. The van der Waals surface area contributed by atoms with Gasteiger partial charge in [-0.05, 0) is 68.5 Å². The highest BCUT2D eigenvalue weighted by atomic mass is 16.5. The van der Waals surface area contributed by atoms with Crippen LogP contribution in [0.3, 0.4) is 0 Å². The number of esters is 1. The van der Waals surface area contributed by atoms with Crippen LogP contribution in [0.1, 0.15) is 62.7 Å². The molecule has 3 saturated heterocycles. The molecule has 0 saturated carbocycles. The molecule has 0 radical (unpaired) electrons. The Morgan fingerprint density at radius 2 is 1.60 bits per heavy atom. The molecule has 3 fully saturated rings. The van der Waals surface area contributed by atoms with Gasteiger partial charge in [-0.15, -0.1) is 13.2 Å². The number of likely N-dealkylation sites (tertiary alicyclic amines) is 1. The van der Waals surface area contributed by atoms with E-state index in [-0.39, 0.29) is 25.5 Å². The molecule has 6 rings (SSSR count). The first-order valence-corrected chi connectivity index (χ1v) is 19.3. The number of nitrogens with one attached hydrogen (secondary N) is 1. The summed E-state index contributed by atoms with van der Waals surface area (Å²) in [4.78, 5) is 62.6. The molecule has 3 aromatic rings. The Bertz CT molecular complexity index is 1830. The Labute approximate surface area is 323 Å². The number of fused-ring (bicyclic) bond motifs is 1. The van der Waals surface area contributed by atoms with Gasteiger partial charge in [-0.2, -0.15) is 0 Å². The van der Waals surface area contributed by atoms with Crippen LogP contribution < -0.4 is 15.1 Å². The molecule has 2 bridgehead atoms. The third-order valence-electron chi connectivity index (χ3n) is 11.3. The molecule has 3 aliphatic heterocycles. The molecule has 11 heteroatoms. The molecular weight excluding hydrogens is 697 g/mol. The maximum absolute atomic E-state index is 15.2. The van der Waals surface area contributed by atoms with E-state index < -0.39 is 66.1 Å². The first kappa shape index (κ1) is 39.4. The lowest BCUT2D eigenvalue weighted by Crippen LogP contribution is -2.57. The minimum absolute atomic E-state index is 0.106. The van der Waals surface area contributed by atoms with E-state index in [0.717, 1.165) is 24.3 Å². The van der Waals surface area contributed by atoms with Gasteiger partial charge in [0, 0.05) is 37.4 Å². The molecule has 7 atom stereocenters. The van der Waals surface area contributed by atoms with Crippen molar-refractivity contribution in [3.05, 3.63) is 121 Å². The van der Waals surface area contributed by atoms with Gasteiger partial charge >= 0.3 is 5.97 Å². The summed E-state index contributed by atoms with van der Waals surface area (Å²) in [5.74, 6) is -3.57. The monoisotopic (exact) mass is 748 g/mol. The SMILES string of the molecule is C=CCCC(=O)OC[C@@H](NC(=O)[C@@H]1[C@H]2C(=O)N([C@H](CO)c3ccccc3)[C@H](C(=O)N(CC=C)c3ccc(N(CC)CC)cc3)[C@]23CC[C@H]1O3)c1ccccc1. The normalized spacial score (nSPS) is 23.4. The number of nitrogens with zero attached hydrogens (tertiary/aromatic N) is 3. The van der Waals surface area contributed by atoms with Crippen LogP contribution in [0.5, 0.6) is 0 Å². The molecule has 55 heavy (non-hydrogen) atoms. The van der Waals surface area contributed by atoms with Crippen LogP contribution in [-0.4, -0.2) is 84.3 Å². The van der Waals surface area contributed by atoms with Crippen molar-refractivity contribution < 1.29 is 33.8 Å². The molecule has 3 aromatic carbocycles. The molecule has 0 aromatic heterocycles. The molecular formula is C44H52N4O7. The summed E-state index contributed by atoms with van der Waals surface area (Å²) in [6.07, 6.45) is 4.13. The van der Waals surface area contributed by atoms with Gasteiger partial charge in [0.25, 0.3) is 5.91 Å². The van der Waals surface area contributed by atoms with Gasteiger partial charge in [-0.25, -0.2) is 0 Å². The summed E-state index contributed by atoms with van der Waals surface area (Å²) in [5, 5.41) is 14.0. The third-order valence-corrected chi connectivity index (χ3v) is 11.3. The van der Waals surface area contributed by atoms with Crippen molar-refractivity contribution in [3.8, 4) is 0 Å². The molecule has 0 unspecified atom stereocenters. The molecule has 3 aliphatic rings. The number of benzene rings is 3. The summed E-state index contributed by atoms with van der Waals surface area (Å²) in [7, 11) is 0. The van der Waals surface area contributed by atoms with E-state index in [1.165, 1.54) is 4.90 Å². The second kappa shape index (κ2) is 17.5. The van der Waals surface area contributed by atoms with E-state index in [1.54, 1.807) is 17.1 Å². The van der Waals surface area contributed by atoms with Gasteiger partial charge in [0.05, 0.1) is 36.6 Å². The molecule has 0 aliphatic carbocycles. The summed E-state index contributed by atoms with van der Waals surface area (Å²) in [5.41, 5.74) is 1.71. The molecule has 11 nitrogen and oxygen atoms in total. The van der Waals surface area contributed by atoms with Crippen molar-refractivity contribution in [1.82, 2.24) is 10.2 Å². The van der Waals surface area contributed by atoms with Crippen molar-refractivity contribution >= 4 is 35.1 Å². The summed E-state index contributed by atoms with van der Waals surface area (Å²) in [6.45, 7) is 13.0. The highest BCUT2D eigenvalue weighted by molar-refractivity contribution is 6.05. The number of carbonyl (C=O) groups excluding carboxylic acids is 4. The maximum atomic E-state index is 15.2. The van der Waals surface area contributed by atoms with E-state index in [1.807, 2.05) is 84.9 Å². The lowest BCUT2D eigenvalue weighted by Gasteiger charge is -2.39. The lowest BCUT2D eigenvalue weighted by molar-refractivity contribution is -0.146. The minimum atomic E-state index is -1.33. The van der Waals surface area contributed by atoms with Crippen molar-refractivity contribution in [2.75, 3.05) is 42.6 Å². The number of ether oxygens (including phenoxy) is 2. The van der Waals surface area contributed by atoms with E-state index in [9.17, 15) is 14.7 Å². The van der Waals surface area contributed by atoms with Crippen molar-refractivity contribution in [1.29, 1.82) is 0 Å². The van der Waals surface area contributed by atoms with Gasteiger partial charge in [0.2, 0.25) is 11.8 Å². The number of allylic oxidation sites excluding steroid dienone is 1. The van der Waals surface area contributed by atoms with Crippen LogP contribution >= 0.6 is 0 Å². The fourth-order valence-corrected chi connectivity index (χ4v) is 8.71. The first-order chi connectivity index (χ1) is 26.7. The predicted octanol–water partition coefficient (Wildman–Crippen LogP) is 5.53. The number of rotatable bonds is 18. The van der Waals surface area contributed by atoms with Crippen molar-refractivity contribution in [3.63, 3.8) is 0 Å². The smallest absolute Gasteiger partial charge is 0.306 e. The quantitative estimate of drug-likeness (QED) is 0.129. The van der Waals surface area contributed by atoms with Crippen LogP contribution in [0.25, 0.3) is 0 Å². The van der Waals surface area contributed by atoms with Gasteiger partial charge in [0.15, 0.2) is 0 Å². The average molecular weight is 749 g/mol. The number of anilines is 2. The minimum Gasteiger partial charge on any atom is -0.463 e. The lowest BCUT2D eigenvalue weighted by atomic mass is 9.70. The maximum Gasteiger partial charge on any atom is 0.306 e. The van der Waals surface area contributed by atoms with E-state index >= 15 is 9.59 Å². The number of carbonyl (C=O) groups is 4. The highest BCUT2D eigenvalue weighted by Gasteiger charge is 2.75. The zero-order valence-corrected chi connectivity index (χ0v) is 31.7. The van der Waals surface area contributed by atoms with E-state index in [2.05, 4.69) is 37.2 Å². The zero-order chi connectivity index (χ0) is 39.1. The van der Waals surface area contributed by atoms with E-state index in [4.69, 9.17) is 9.47 Å². The topological polar surface area (TPSA) is 129 Å². The predicted molar refractivity (Wildman–Crippen MR) is 211 cm³/mol. The third kappa shape index (κ3) is 7.68. The Morgan fingerprint density at radius 3 is 2.20 bits per heavy atom. The van der Waals surface area contributed by atoms with Gasteiger partial charge in [-0.3, -0.25) is 19.2 Å². The van der Waals surface area contributed by atoms with Crippen LogP contribution in [-0.2, 0) is 28.7 Å². The molecule has 1 spiro atoms. The van der Waals surface area contributed by atoms with Crippen LogP contribution in [0.4, 0.5) is 11.4 Å². The van der Waals surface area contributed by atoms with Crippen LogP contribution in [0.2, 0.25) is 0 Å². The largest absolute Gasteiger partial charge is 0.463 e. The zero-order valence-electron chi connectivity index (χ0n) is 31.7. The standard InChI is InChI=1S/C44H52N4O7/c1-5-9-20-37(50)54-29-34(30-16-12-10-13-17-30)45-41(51)38-36-25-26-44(55-36)39(38)42(52)48(35(28-49)31-18-14-11-15-19-31)40(44)43(53)47(27-6-2)33-23-21-32(22-24-33)46(7-3)8-4/h5-6,10-19,21-24,34-36,38-40,49H,1-2,7-9,20,25-29H2,3-4H3,(H,45,51)/t34-,35-,36-,38+,39+,40-,44+/m1/s1. The molecule has 3 heterocycles. The summed E-state index contributed by atoms with van der Waals surface area (Å²) < 4.78 is 12.4. The van der Waals surface area contributed by atoms with Crippen LogP contribution in [0, 0.1) is 11.8 Å². The Kier molecular flexibility index (Phi) is 12.5. The van der Waals surface area contributed by atoms with Gasteiger partial charge in [-0.1, -0.05) is 72.8 Å². The Hall–Kier alpha value is -5.26. The fraction of sp³-hybridized carbons (Fsp3) is 0.409. The summed E-state index contributed by atoms with van der Waals surface area (Å²) >= 11 is 0. The number of hydrogen-bond acceptors (Lipinski definition) is 8. The average Bonchev–Trinajstić information content (AvgIpc) is 3.86. The molecule has 3 amide bonds. The van der Waals surface area contributed by atoms with Gasteiger partial charge < -0.3 is 34.6 Å². The second-order valence-corrected chi connectivity index (χ2v) is 14.3. The van der Waals surface area contributed by atoms with Crippen molar-refractivity contribution in [2.24, 2.45) is 11.8 Å². The molecule has 290 valence electrons. The number of aliphatic hydroxyl groups is 1. The molecule has 2 N–H and O–H groups in total. The first-order valence-electron chi connectivity index (χ1n) is 19.3. The Balaban J connectivity index is 1.37. The van der Waals surface area contributed by atoms with Crippen molar-refractivity contribution in [2.45, 2.75) is 69.4 Å². The van der Waals surface area contributed by atoms with E-state index in [0.29, 0.717) is 30.5 Å².